The van der Waals surface area contributed by atoms with E-state index < -0.39 is 0 Å². The SMILES string of the molecule is CN(C(=O)c1ccncc1)c1ccc(CNC(=O)C[C@@H]2CCC[C@H]2N)cc1. The Kier molecular flexibility index (Phi) is 6.19. The minimum Gasteiger partial charge on any atom is -0.352 e. The Morgan fingerprint density at radius 1 is 1.15 bits per heavy atom. The molecule has 0 spiro atoms. The van der Waals surface area contributed by atoms with Gasteiger partial charge in [-0.2, -0.15) is 0 Å². The molecule has 0 radical (unpaired) electrons. The molecule has 3 N–H and O–H groups in total. The van der Waals surface area contributed by atoms with Crippen molar-refractivity contribution in [3.8, 4) is 0 Å². The number of hydrogen-bond acceptors (Lipinski definition) is 4. The number of benzene rings is 1. The topological polar surface area (TPSA) is 88.3 Å². The van der Waals surface area contributed by atoms with Crippen molar-refractivity contribution in [2.45, 2.75) is 38.3 Å². The van der Waals surface area contributed by atoms with E-state index in [0.29, 0.717) is 24.4 Å². The van der Waals surface area contributed by atoms with E-state index in [4.69, 9.17) is 5.73 Å². The van der Waals surface area contributed by atoms with Crippen LogP contribution >= 0.6 is 0 Å². The lowest BCUT2D eigenvalue weighted by Crippen LogP contribution is -2.31. The molecule has 142 valence electrons. The van der Waals surface area contributed by atoms with Gasteiger partial charge in [-0.3, -0.25) is 14.6 Å². The summed E-state index contributed by atoms with van der Waals surface area (Å²) in [5.41, 5.74) is 8.41. The Bertz CT molecular complexity index is 777. The van der Waals surface area contributed by atoms with Gasteiger partial charge in [0.15, 0.2) is 0 Å². The van der Waals surface area contributed by atoms with Crippen molar-refractivity contribution in [1.29, 1.82) is 0 Å². The van der Waals surface area contributed by atoms with Crippen molar-refractivity contribution in [3.05, 3.63) is 59.9 Å². The van der Waals surface area contributed by atoms with Gasteiger partial charge in [-0.25, -0.2) is 0 Å². The lowest BCUT2D eigenvalue weighted by atomic mass is 10.00. The largest absolute Gasteiger partial charge is 0.352 e. The smallest absolute Gasteiger partial charge is 0.258 e. The third-order valence-corrected chi connectivity index (χ3v) is 5.21. The molecule has 2 aromatic rings. The third kappa shape index (κ3) is 4.92. The summed E-state index contributed by atoms with van der Waals surface area (Å²) in [4.78, 5) is 30.1. The Hall–Kier alpha value is -2.73. The molecule has 6 nitrogen and oxygen atoms in total. The van der Waals surface area contributed by atoms with Crippen molar-refractivity contribution in [2.24, 2.45) is 11.7 Å². The second kappa shape index (κ2) is 8.77. The molecule has 0 aliphatic heterocycles. The second-order valence-electron chi connectivity index (χ2n) is 7.10. The van der Waals surface area contributed by atoms with Crippen molar-refractivity contribution in [3.63, 3.8) is 0 Å². The van der Waals surface area contributed by atoms with Gasteiger partial charge in [0, 0.05) is 49.7 Å². The summed E-state index contributed by atoms with van der Waals surface area (Å²) in [7, 11) is 1.74. The maximum absolute atomic E-state index is 12.5. The lowest BCUT2D eigenvalue weighted by molar-refractivity contribution is -0.122. The van der Waals surface area contributed by atoms with Gasteiger partial charge in [0.1, 0.15) is 0 Å². The Morgan fingerprint density at radius 3 is 2.48 bits per heavy atom. The Morgan fingerprint density at radius 2 is 1.85 bits per heavy atom. The van der Waals surface area contributed by atoms with E-state index in [9.17, 15) is 9.59 Å². The summed E-state index contributed by atoms with van der Waals surface area (Å²) in [6, 6.07) is 11.2. The van der Waals surface area contributed by atoms with Crippen LogP contribution in [0.15, 0.2) is 48.8 Å². The summed E-state index contributed by atoms with van der Waals surface area (Å²) < 4.78 is 0. The first-order valence-electron chi connectivity index (χ1n) is 9.34. The summed E-state index contributed by atoms with van der Waals surface area (Å²) in [5, 5.41) is 2.96. The highest BCUT2D eigenvalue weighted by Gasteiger charge is 2.25. The number of nitrogens with one attached hydrogen (secondary N) is 1. The van der Waals surface area contributed by atoms with Gasteiger partial charge < -0.3 is 16.0 Å². The minimum absolute atomic E-state index is 0.0476. The zero-order valence-electron chi connectivity index (χ0n) is 15.6. The normalized spacial score (nSPS) is 18.9. The van der Waals surface area contributed by atoms with Gasteiger partial charge in [0.2, 0.25) is 5.91 Å². The lowest BCUT2D eigenvalue weighted by Gasteiger charge is -2.18. The zero-order valence-corrected chi connectivity index (χ0v) is 15.6. The van der Waals surface area contributed by atoms with E-state index in [2.05, 4.69) is 10.3 Å². The monoisotopic (exact) mass is 366 g/mol. The fraction of sp³-hybridized carbons (Fsp3) is 0.381. The van der Waals surface area contributed by atoms with Crippen LogP contribution in [0.1, 0.15) is 41.6 Å². The number of anilines is 1. The Labute approximate surface area is 159 Å². The molecule has 3 rings (SSSR count). The summed E-state index contributed by atoms with van der Waals surface area (Å²) >= 11 is 0. The number of aromatic nitrogens is 1. The molecule has 27 heavy (non-hydrogen) atoms. The van der Waals surface area contributed by atoms with Gasteiger partial charge in [-0.05, 0) is 48.6 Å². The summed E-state index contributed by atoms with van der Waals surface area (Å²) in [6.45, 7) is 0.475. The number of hydrogen-bond donors (Lipinski definition) is 2. The fourth-order valence-electron chi connectivity index (χ4n) is 3.47. The zero-order chi connectivity index (χ0) is 19.2. The van der Waals surface area contributed by atoms with Crippen LogP contribution in [0.3, 0.4) is 0 Å². The molecule has 0 saturated heterocycles. The number of rotatable bonds is 6. The predicted molar refractivity (Wildman–Crippen MR) is 105 cm³/mol. The number of amides is 2. The molecule has 1 saturated carbocycles. The maximum Gasteiger partial charge on any atom is 0.258 e. The molecule has 1 aliphatic rings. The van der Waals surface area contributed by atoms with Crippen LogP contribution in [0.2, 0.25) is 0 Å². The molecule has 0 unspecified atom stereocenters. The first-order chi connectivity index (χ1) is 13.0. The number of nitrogens with zero attached hydrogens (tertiary/aromatic N) is 2. The molecule has 6 heteroatoms. The van der Waals surface area contributed by atoms with E-state index in [1.807, 2.05) is 24.3 Å². The number of nitrogens with two attached hydrogens (primary N) is 1. The van der Waals surface area contributed by atoms with E-state index in [-0.39, 0.29) is 17.9 Å². The average Bonchev–Trinajstić information content (AvgIpc) is 3.10. The first kappa shape index (κ1) is 19.0. The third-order valence-electron chi connectivity index (χ3n) is 5.21. The first-order valence-corrected chi connectivity index (χ1v) is 9.34. The van der Waals surface area contributed by atoms with Crippen LogP contribution in [-0.2, 0) is 11.3 Å². The average molecular weight is 366 g/mol. The van der Waals surface area contributed by atoms with E-state index in [1.165, 1.54) is 0 Å². The molecule has 1 aromatic heterocycles. The maximum atomic E-state index is 12.5. The van der Waals surface area contributed by atoms with Crippen molar-refractivity contribution < 1.29 is 9.59 Å². The number of carbonyl (C=O) groups excluding carboxylic acids is 2. The molecule has 0 bridgehead atoms. The van der Waals surface area contributed by atoms with Gasteiger partial charge in [-0.15, -0.1) is 0 Å². The van der Waals surface area contributed by atoms with Gasteiger partial charge in [0.05, 0.1) is 0 Å². The molecule has 2 amide bonds. The molecule has 1 aliphatic carbocycles. The van der Waals surface area contributed by atoms with Gasteiger partial charge in [-0.1, -0.05) is 18.6 Å². The molecule has 1 heterocycles. The van der Waals surface area contributed by atoms with Gasteiger partial charge >= 0.3 is 0 Å². The fourth-order valence-corrected chi connectivity index (χ4v) is 3.47. The number of carbonyl (C=O) groups is 2. The quantitative estimate of drug-likeness (QED) is 0.822. The van der Waals surface area contributed by atoms with Crippen LogP contribution in [0, 0.1) is 5.92 Å². The standard InChI is InChI=1S/C21H26N4O2/c1-25(21(27)16-9-11-23-12-10-16)18-7-5-15(6-8-18)14-24-20(26)13-17-3-2-4-19(17)22/h5-12,17,19H,2-4,13-14,22H2,1H3,(H,24,26)/t17-,19+/m0/s1. The highest BCUT2D eigenvalue weighted by atomic mass is 16.2. The number of pyridine rings is 1. The van der Waals surface area contributed by atoms with E-state index in [0.717, 1.165) is 30.5 Å². The van der Waals surface area contributed by atoms with Crippen LogP contribution in [0.25, 0.3) is 0 Å². The molecule has 2 atom stereocenters. The van der Waals surface area contributed by atoms with Crippen molar-refractivity contribution in [1.82, 2.24) is 10.3 Å². The molecular weight excluding hydrogens is 340 g/mol. The van der Waals surface area contributed by atoms with Crippen LogP contribution in [0.4, 0.5) is 5.69 Å². The van der Waals surface area contributed by atoms with Crippen molar-refractivity contribution in [2.75, 3.05) is 11.9 Å². The highest BCUT2D eigenvalue weighted by molar-refractivity contribution is 6.05. The molecular formula is C21H26N4O2. The van der Waals surface area contributed by atoms with Crippen LogP contribution in [-0.4, -0.2) is 29.9 Å². The highest BCUT2D eigenvalue weighted by Crippen LogP contribution is 2.26. The van der Waals surface area contributed by atoms with Crippen molar-refractivity contribution >= 4 is 17.5 Å². The second-order valence-corrected chi connectivity index (χ2v) is 7.10. The molecule has 1 aromatic carbocycles. The van der Waals surface area contributed by atoms with Crippen LogP contribution < -0.4 is 16.0 Å². The predicted octanol–water partition coefficient (Wildman–Crippen LogP) is 2.49. The summed E-state index contributed by atoms with van der Waals surface area (Å²) in [6.07, 6.45) is 6.89. The van der Waals surface area contributed by atoms with Gasteiger partial charge in [0.25, 0.3) is 5.91 Å². The summed E-state index contributed by atoms with van der Waals surface area (Å²) in [5.74, 6) is 0.262. The molecule has 1 fully saturated rings. The van der Waals surface area contributed by atoms with E-state index >= 15 is 0 Å². The van der Waals surface area contributed by atoms with Crippen LogP contribution in [0.5, 0.6) is 0 Å². The van der Waals surface area contributed by atoms with E-state index in [1.54, 1.807) is 36.5 Å². The minimum atomic E-state index is -0.0913. The Balaban J connectivity index is 1.52.